The van der Waals surface area contributed by atoms with Gasteiger partial charge in [-0.25, -0.2) is 4.98 Å². The fourth-order valence-corrected chi connectivity index (χ4v) is 2.47. The van der Waals surface area contributed by atoms with Crippen LogP contribution in [-0.2, 0) is 9.53 Å². The van der Waals surface area contributed by atoms with Crippen LogP contribution in [0.1, 0.15) is 13.3 Å². The van der Waals surface area contributed by atoms with Crippen LogP contribution in [0.2, 0.25) is 0 Å². The average molecular weight is 209 g/mol. The Morgan fingerprint density at radius 2 is 2.43 bits per heavy atom. The molecule has 3 nitrogen and oxygen atoms in total. The molecule has 0 amide bonds. The summed E-state index contributed by atoms with van der Waals surface area (Å²) in [7, 11) is 0. The molecule has 0 unspecified atom stereocenters. The highest BCUT2D eigenvalue weighted by Gasteiger charge is 2.32. The minimum atomic E-state index is -0.117. The van der Waals surface area contributed by atoms with Crippen molar-refractivity contribution in [3.05, 3.63) is 24.4 Å². The molecule has 0 radical (unpaired) electrons. The number of esters is 1. The Bertz CT molecular complexity index is 328. The van der Waals surface area contributed by atoms with Crippen LogP contribution in [0.3, 0.4) is 0 Å². The lowest BCUT2D eigenvalue weighted by Gasteiger charge is -2.02. The number of carbonyl (C=O) groups is 1. The Balaban J connectivity index is 2.02. The number of aromatic nitrogens is 1. The minimum absolute atomic E-state index is 0.0451. The lowest BCUT2D eigenvalue weighted by molar-refractivity contribution is -0.140. The van der Waals surface area contributed by atoms with E-state index in [4.69, 9.17) is 4.74 Å². The molecule has 2 heterocycles. The fraction of sp³-hybridized carbons (Fsp3) is 0.400. The maximum atomic E-state index is 11.3. The molecular formula is C10H11NO2S. The van der Waals surface area contributed by atoms with Gasteiger partial charge in [-0.05, 0) is 19.1 Å². The second-order valence-electron chi connectivity index (χ2n) is 3.26. The van der Waals surface area contributed by atoms with E-state index in [1.165, 1.54) is 11.8 Å². The van der Waals surface area contributed by atoms with Crippen molar-refractivity contribution < 1.29 is 9.53 Å². The van der Waals surface area contributed by atoms with E-state index in [2.05, 4.69) is 4.98 Å². The monoisotopic (exact) mass is 209 g/mol. The number of ether oxygens (including phenoxy) is 1. The first-order chi connectivity index (χ1) is 6.75. The zero-order valence-corrected chi connectivity index (χ0v) is 8.66. The first-order valence-corrected chi connectivity index (χ1v) is 5.42. The number of nitrogens with zero attached hydrogens (tertiary/aromatic N) is 1. The highest BCUT2D eigenvalue weighted by Crippen LogP contribution is 2.30. The van der Waals surface area contributed by atoms with Gasteiger partial charge in [0.15, 0.2) is 0 Å². The summed E-state index contributed by atoms with van der Waals surface area (Å²) in [5, 5.41) is 0.795. The Hall–Kier alpha value is -1.03. The first-order valence-electron chi connectivity index (χ1n) is 4.54. The molecule has 0 aliphatic carbocycles. The molecule has 0 aromatic carbocycles. The fourth-order valence-electron chi connectivity index (χ4n) is 1.38. The first kappa shape index (κ1) is 9.52. The van der Waals surface area contributed by atoms with E-state index >= 15 is 0 Å². The molecule has 0 spiro atoms. The van der Waals surface area contributed by atoms with Crippen LogP contribution in [0.15, 0.2) is 29.4 Å². The molecule has 2 rings (SSSR count). The number of thioether (sulfide) groups is 1. The average Bonchev–Trinajstić information content (AvgIpc) is 2.47. The number of hydrogen-bond donors (Lipinski definition) is 0. The lowest BCUT2D eigenvalue weighted by atomic mass is 10.3. The van der Waals surface area contributed by atoms with Gasteiger partial charge in [0.1, 0.15) is 11.4 Å². The second-order valence-corrected chi connectivity index (χ2v) is 4.48. The van der Waals surface area contributed by atoms with Crippen LogP contribution >= 0.6 is 11.8 Å². The van der Waals surface area contributed by atoms with Gasteiger partial charge < -0.3 is 4.74 Å². The van der Waals surface area contributed by atoms with E-state index < -0.39 is 0 Å². The van der Waals surface area contributed by atoms with E-state index in [0.29, 0.717) is 0 Å². The molecule has 74 valence electrons. The van der Waals surface area contributed by atoms with E-state index in [1.807, 2.05) is 25.1 Å². The zero-order chi connectivity index (χ0) is 9.97. The molecule has 0 bridgehead atoms. The van der Waals surface area contributed by atoms with Gasteiger partial charge >= 0.3 is 5.97 Å². The summed E-state index contributed by atoms with van der Waals surface area (Å²) in [5.74, 6) is -0.117. The van der Waals surface area contributed by atoms with Gasteiger partial charge in [0, 0.05) is 12.6 Å². The summed E-state index contributed by atoms with van der Waals surface area (Å²) in [6, 6.07) is 5.68. The Morgan fingerprint density at radius 1 is 1.57 bits per heavy atom. The molecule has 1 aliphatic rings. The lowest BCUT2D eigenvalue weighted by Crippen LogP contribution is -2.09. The predicted octanol–water partition coefficient (Wildman–Crippen LogP) is 1.88. The topological polar surface area (TPSA) is 39.2 Å². The highest BCUT2D eigenvalue weighted by atomic mass is 32.2. The van der Waals surface area contributed by atoms with E-state index in [1.54, 1.807) is 6.20 Å². The van der Waals surface area contributed by atoms with Crippen molar-refractivity contribution in [2.75, 3.05) is 0 Å². The molecule has 1 fully saturated rings. The molecule has 1 aromatic heterocycles. The smallest absolute Gasteiger partial charge is 0.319 e. The van der Waals surface area contributed by atoms with Gasteiger partial charge in [0.25, 0.3) is 0 Å². The number of carbonyl (C=O) groups excluding carboxylic acids is 1. The molecular weight excluding hydrogens is 198 g/mol. The van der Waals surface area contributed by atoms with E-state index in [9.17, 15) is 4.79 Å². The van der Waals surface area contributed by atoms with Crippen LogP contribution in [0.5, 0.6) is 0 Å². The molecule has 1 aromatic rings. The summed E-state index contributed by atoms with van der Waals surface area (Å²) in [6.45, 7) is 1.91. The van der Waals surface area contributed by atoms with Crippen LogP contribution in [0, 0.1) is 0 Å². The summed E-state index contributed by atoms with van der Waals surface area (Å²) in [6.07, 6.45) is 2.55. The zero-order valence-electron chi connectivity index (χ0n) is 7.84. The summed E-state index contributed by atoms with van der Waals surface area (Å²) in [5.41, 5.74) is 0. The number of pyridine rings is 1. The van der Waals surface area contributed by atoms with Gasteiger partial charge in [0.2, 0.25) is 0 Å². The van der Waals surface area contributed by atoms with E-state index in [0.717, 1.165) is 11.4 Å². The normalized spacial score (nSPS) is 26.2. The van der Waals surface area contributed by atoms with Gasteiger partial charge in [-0.3, -0.25) is 4.79 Å². The van der Waals surface area contributed by atoms with Crippen LogP contribution in [0.25, 0.3) is 0 Å². The van der Waals surface area contributed by atoms with Gasteiger partial charge in [-0.1, -0.05) is 17.8 Å². The number of hydrogen-bond acceptors (Lipinski definition) is 4. The van der Waals surface area contributed by atoms with E-state index in [-0.39, 0.29) is 17.3 Å². The van der Waals surface area contributed by atoms with Crippen molar-refractivity contribution >= 4 is 17.7 Å². The predicted molar refractivity (Wildman–Crippen MR) is 54.1 cm³/mol. The van der Waals surface area contributed by atoms with Crippen LogP contribution in [-0.4, -0.2) is 22.3 Å². The largest absolute Gasteiger partial charge is 0.462 e. The van der Waals surface area contributed by atoms with Crippen molar-refractivity contribution in [3.63, 3.8) is 0 Å². The van der Waals surface area contributed by atoms with Crippen LogP contribution < -0.4 is 0 Å². The Kier molecular flexibility index (Phi) is 2.72. The number of rotatable bonds is 2. The summed E-state index contributed by atoms with van der Waals surface area (Å²) < 4.78 is 5.06. The molecule has 2 atom stereocenters. The van der Waals surface area contributed by atoms with Crippen molar-refractivity contribution in [2.24, 2.45) is 0 Å². The van der Waals surface area contributed by atoms with Crippen molar-refractivity contribution in [2.45, 2.75) is 29.7 Å². The third-order valence-electron chi connectivity index (χ3n) is 2.03. The van der Waals surface area contributed by atoms with Crippen molar-refractivity contribution in [1.82, 2.24) is 4.98 Å². The molecule has 0 N–H and O–H groups in total. The molecule has 14 heavy (non-hydrogen) atoms. The van der Waals surface area contributed by atoms with Gasteiger partial charge in [-0.2, -0.15) is 0 Å². The minimum Gasteiger partial charge on any atom is -0.462 e. The Labute approximate surface area is 86.9 Å². The van der Waals surface area contributed by atoms with Crippen molar-refractivity contribution in [3.8, 4) is 0 Å². The molecule has 1 saturated heterocycles. The molecule has 0 saturated carbocycles. The van der Waals surface area contributed by atoms with Crippen molar-refractivity contribution in [1.29, 1.82) is 0 Å². The van der Waals surface area contributed by atoms with Gasteiger partial charge in [-0.15, -0.1) is 0 Å². The van der Waals surface area contributed by atoms with Gasteiger partial charge in [0.05, 0.1) is 5.03 Å². The maximum absolute atomic E-state index is 11.3. The maximum Gasteiger partial charge on any atom is 0.319 e. The standard InChI is InChI=1S/C10H11NO2S/c1-7-6-8(10(12)13-7)14-9-4-2-3-5-11-9/h2-5,7-8H,6H2,1H3/t7-,8-/m1/s1. The third kappa shape index (κ3) is 2.07. The summed E-state index contributed by atoms with van der Waals surface area (Å²) >= 11 is 1.48. The second kappa shape index (κ2) is 4.00. The highest BCUT2D eigenvalue weighted by molar-refractivity contribution is 8.00. The molecule has 1 aliphatic heterocycles. The molecule has 4 heteroatoms. The quantitative estimate of drug-likeness (QED) is 0.697. The Morgan fingerprint density at radius 3 is 3.00 bits per heavy atom. The van der Waals surface area contributed by atoms with Crippen LogP contribution in [0.4, 0.5) is 0 Å². The SMILES string of the molecule is C[C@@H]1C[C@@H](Sc2ccccn2)C(=O)O1. The number of cyclic esters (lactones) is 1. The third-order valence-corrected chi connectivity index (χ3v) is 3.18. The summed E-state index contributed by atoms with van der Waals surface area (Å²) in [4.78, 5) is 15.5.